The lowest BCUT2D eigenvalue weighted by atomic mass is 9.83. The molecule has 0 amide bonds. The number of unbranched alkanes of at least 4 members (excludes halogenated alkanes) is 4. The average molecular weight is 491 g/mol. The van der Waals surface area contributed by atoms with Crippen molar-refractivity contribution < 1.29 is 21.6 Å². The van der Waals surface area contributed by atoms with E-state index < -0.39 is 21.8 Å². The molecule has 0 radical (unpaired) electrons. The quantitative estimate of drug-likeness (QED) is 0.294. The number of sulfonamides is 1. The number of rotatable bonds is 13. The topological polar surface area (TPSA) is 40.6 Å². The van der Waals surface area contributed by atoms with Crippen molar-refractivity contribution in [2.45, 2.75) is 94.7 Å². The molecule has 8 heteroatoms. The lowest BCUT2D eigenvalue weighted by Gasteiger charge is -2.34. The molecule has 1 aliphatic rings. The summed E-state index contributed by atoms with van der Waals surface area (Å²) in [7, 11) is -0.0469. The molecule has 190 valence electrons. The van der Waals surface area contributed by atoms with E-state index in [9.17, 15) is 21.6 Å². The summed E-state index contributed by atoms with van der Waals surface area (Å²) >= 11 is 0. The van der Waals surface area contributed by atoms with Crippen molar-refractivity contribution >= 4 is 10.0 Å². The van der Waals surface area contributed by atoms with E-state index in [0.29, 0.717) is 5.92 Å². The molecule has 1 aromatic carbocycles. The first-order valence-corrected chi connectivity index (χ1v) is 13.8. The van der Waals surface area contributed by atoms with Gasteiger partial charge in [0.15, 0.2) is 0 Å². The summed E-state index contributed by atoms with van der Waals surface area (Å²) in [5.41, 5.74) is -0.840. The van der Waals surface area contributed by atoms with Crippen molar-refractivity contribution in [3.05, 3.63) is 29.8 Å². The molecule has 0 atom stereocenters. The summed E-state index contributed by atoms with van der Waals surface area (Å²) < 4.78 is 65.4. The number of nitrogens with zero attached hydrogens (tertiary/aromatic N) is 2. The molecule has 0 bridgehead atoms. The minimum absolute atomic E-state index is 0.0835. The first kappa shape index (κ1) is 28.1. The fourth-order valence-corrected chi connectivity index (χ4v) is 6.13. The van der Waals surface area contributed by atoms with Gasteiger partial charge in [0.2, 0.25) is 10.0 Å². The Hall–Kier alpha value is -1.12. The summed E-state index contributed by atoms with van der Waals surface area (Å²) in [6.45, 7) is 4.56. The molecular formula is C25H41F3N2O2S. The first-order valence-electron chi connectivity index (χ1n) is 12.4. The standard InChI is InChI=1S/C25H41F3N2O2S/c1-4-5-8-19-29(2)20-9-6-7-10-21-11-15-23(16-12-21)30(3)33(31,32)24-17-13-22(14-18-24)25(26,27)28/h13-14,17-18,21,23H,4-12,15-16,19-20H2,1-3H3. The van der Waals surface area contributed by atoms with Gasteiger partial charge < -0.3 is 4.90 Å². The maximum absolute atomic E-state index is 12.9. The summed E-state index contributed by atoms with van der Waals surface area (Å²) in [5.74, 6) is 0.644. The molecule has 4 nitrogen and oxygen atoms in total. The minimum Gasteiger partial charge on any atom is -0.306 e. The molecule has 0 aliphatic heterocycles. The van der Waals surface area contributed by atoms with Gasteiger partial charge in [-0.1, -0.05) is 39.0 Å². The Morgan fingerprint density at radius 2 is 1.45 bits per heavy atom. The zero-order valence-electron chi connectivity index (χ0n) is 20.4. The van der Waals surface area contributed by atoms with E-state index in [4.69, 9.17) is 0 Å². The van der Waals surface area contributed by atoms with Crippen LogP contribution in [0.1, 0.15) is 83.1 Å². The first-order chi connectivity index (χ1) is 15.6. The number of halogens is 3. The van der Waals surface area contributed by atoms with Crippen LogP contribution in [0.15, 0.2) is 29.2 Å². The predicted molar refractivity (Wildman–Crippen MR) is 128 cm³/mol. The fourth-order valence-electron chi connectivity index (χ4n) is 4.71. The van der Waals surface area contributed by atoms with Crippen molar-refractivity contribution in [1.29, 1.82) is 0 Å². The normalized spacial score (nSPS) is 20.0. The van der Waals surface area contributed by atoms with Crippen LogP contribution in [0, 0.1) is 5.92 Å². The Morgan fingerprint density at radius 1 is 0.879 bits per heavy atom. The number of benzene rings is 1. The Bertz CT molecular complexity index is 789. The van der Waals surface area contributed by atoms with E-state index >= 15 is 0 Å². The molecule has 1 aliphatic carbocycles. The minimum atomic E-state index is -4.48. The van der Waals surface area contributed by atoms with Crippen LogP contribution in [-0.2, 0) is 16.2 Å². The van der Waals surface area contributed by atoms with Crippen molar-refractivity contribution in [2.75, 3.05) is 27.2 Å². The molecule has 0 spiro atoms. The highest BCUT2D eigenvalue weighted by Crippen LogP contribution is 2.34. The van der Waals surface area contributed by atoms with Crippen LogP contribution in [-0.4, -0.2) is 50.8 Å². The maximum atomic E-state index is 12.9. The van der Waals surface area contributed by atoms with Crippen LogP contribution >= 0.6 is 0 Å². The average Bonchev–Trinajstić information content (AvgIpc) is 2.78. The third kappa shape index (κ3) is 8.87. The Balaban J connectivity index is 1.72. The van der Waals surface area contributed by atoms with Crippen molar-refractivity contribution in [3.63, 3.8) is 0 Å². The largest absolute Gasteiger partial charge is 0.416 e. The summed E-state index contributed by atoms with van der Waals surface area (Å²) in [4.78, 5) is 2.34. The highest BCUT2D eigenvalue weighted by Gasteiger charge is 2.33. The predicted octanol–water partition coefficient (Wildman–Crippen LogP) is 6.57. The SMILES string of the molecule is CCCCCN(C)CCCCCC1CCC(N(C)S(=O)(=O)c2ccc(C(F)(F)F)cc2)CC1. The van der Waals surface area contributed by atoms with Crippen LogP contribution in [0.5, 0.6) is 0 Å². The third-order valence-corrected chi connectivity index (χ3v) is 8.91. The van der Waals surface area contributed by atoms with Crippen LogP contribution in [0.4, 0.5) is 13.2 Å². The number of alkyl halides is 3. The Morgan fingerprint density at radius 3 is 2.00 bits per heavy atom. The molecule has 33 heavy (non-hydrogen) atoms. The molecule has 2 rings (SSSR count). The van der Waals surface area contributed by atoms with E-state index in [1.165, 1.54) is 55.8 Å². The molecule has 0 aromatic heterocycles. The lowest BCUT2D eigenvalue weighted by Crippen LogP contribution is -2.39. The van der Waals surface area contributed by atoms with Crippen molar-refractivity contribution in [3.8, 4) is 0 Å². The van der Waals surface area contributed by atoms with Gasteiger partial charge in [-0.3, -0.25) is 0 Å². The van der Waals surface area contributed by atoms with Crippen molar-refractivity contribution in [1.82, 2.24) is 9.21 Å². The van der Waals surface area contributed by atoms with E-state index in [2.05, 4.69) is 18.9 Å². The summed E-state index contributed by atoms with van der Waals surface area (Å²) in [5, 5.41) is 0. The molecule has 0 N–H and O–H groups in total. The van der Waals surface area contributed by atoms with Gasteiger partial charge in [0.25, 0.3) is 0 Å². The van der Waals surface area contributed by atoms with Gasteiger partial charge in [0, 0.05) is 13.1 Å². The smallest absolute Gasteiger partial charge is 0.306 e. The number of hydrogen-bond donors (Lipinski definition) is 0. The molecule has 1 aromatic rings. The second kappa shape index (κ2) is 13.1. The van der Waals surface area contributed by atoms with E-state index in [-0.39, 0.29) is 10.9 Å². The third-order valence-electron chi connectivity index (χ3n) is 6.98. The monoisotopic (exact) mass is 490 g/mol. The van der Waals surface area contributed by atoms with Gasteiger partial charge in [-0.25, -0.2) is 8.42 Å². The molecule has 1 fully saturated rings. The van der Waals surface area contributed by atoms with Gasteiger partial charge >= 0.3 is 6.18 Å². The van der Waals surface area contributed by atoms with Gasteiger partial charge in [-0.2, -0.15) is 17.5 Å². The van der Waals surface area contributed by atoms with Crippen molar-refractivity contribution in [2.24, 2.45) is 5.92 Å². The molecule has 0 unspecified atom stereocenters. The fraction of sp³-hybridized carbons (Fsp3) is 0.760. The van der Waals surface area contributed by atoms with Crippen LogP contribution in [0.25, 0.3) is 0 Å². The molecular weight excluding hydrogens is 449 g/mol. The Kier molecular flexibility index (Phi) is 11.2. The molecule has 1 saturated carbocycles. The van der Waals surface area contributed by atoms with Gasteiger partial charge in [-0.05, 0) is 88.8 Å². The zero-order chi connectivity index (χ0) is 24.5. The van der Waals surface area contributed by atoms with Crippen LogP contribution in [0.3, 0.4) is 0 Å². The molecule has 0 heterocycles. The lowest BCUT2D eigenvalue weighted by molar-refractivity contribution is -0.137. The molecule has 0 saturated heterocycles. The second-order valence-corrected chi connectivity index (χ2v) is 11.6. The van der Waals surface area contributed by atoms with E-state index in [1.54, 1.807) is 7.05 Å². The zero-order valence-corrected chi connectivity index (χ0v) is 21.2. The second-order valence-electron chi connectivity index (χ2n) is 9.58. The summed E-state index contributed by atoms with van der Waals surface area (Å²) in [6, 6.07) is 3.69. The van der Waals surface area contributed by atoms with Crippen LogP contribution < -0.4 is 0 Å². The summed E-state index contributed by atoms with van der Waals surface area (Å²) in [6.07, 6.45) is 7.87. The Labute approximate surface area is 198 Å². The highest BCUT2D eigenvalue weighted by molar-refractivity contribution is 7.89. The van der Waals surface area contributed by atoms with E-state index in [1.807, 2.05) is 0 Å². The van der Waals surface area contributed by atoms with Gasteiger partial charge in [0.1, 0.15) is 0 Å². The number of hydrogen-bond acceptors (Lipinski definition) is 3. The maximum Gasteiger partial charge on any atom is 0.416 e. The van der Waals surface area contributed by atoms with E-state index in [0.717, 1.165) is 56.5 Å². The van der Waals surface area contributed by atoms with Gasteiger partial charge in [-0.15, -0.1) is 0 Å². The van der Waals surface area contributed by atoms with Crippen LogP contribution in [0.2, 0.25) is 0 Å². The highest BCUT2D eigenvalue weighted by atomic mass is 32.2. The van der Waals surface area contributed by atoms with Gasteiger partial charge in [0.05, 0.1) is 10.5 Å².